The summed E-state index contributed by atoms with van der Waals surface area (Å²) in [4.78, 5) is 12.6. The van der Waals surface area contributed by atoms with E-state index < -0.39 is 0 Å². The van der Waals surface area contributed by atoms with E-state index in [1.807, 2.05) is 18.2 Å². The molecule has 1 aromatic carbocycles. The Morgan fingerprint density at radius 2 is 2.15 bits per heavy atom. The molecule has 0 spiro atoms. The Hall–Kier alpha value is -1.81. The molecule has 2 fully saturated rings. The van der Waals surface area contributed by atoms with Crippen molar-refractivity contribution in [1.29, 1.82) is 0 Å². The lowest BCUT2D eigenvalue weighted by molar-refractivity contribution is -0.145. The Morgan fingerprint density at radius 3 is 2.96 bits per heavy atom. The average molecular weight is 370 g/mol. The molecule has 1 saturated carbocycles. The molecular formula is C23H31NO3. The molecule has 4 nitrogen and oxygen atoms in total. The van der Waals surface area contributed by atoms with Crippen molar-refractivity contribution < 1.29 is 14.3 Å². The van der Waals surface area contributed by atoms with E-state index in [1.165, 1.54) is 19.3 Å². The average Bonchev–Trinajstić information content (AvgIpc) is 2.94. The minimum atomic E-state index is -0.0449. The highest BCUT2D eigenvalue weighted by Gasteiger charge is 2.52. The van der Waals surface area contributed by atoms with Gasteiger partial charge in [0.25, 0.3) is 0 Å². The SMILES string of the molecule is COc1ccccc1CNCC1C(=O)OC2CC3(C)CCCC(C)=C3CC21. The number of methoxy groups -OCH3 is 1. The number of hydrogen-bond acceptors (Lipinski definition) is 4. The summed E-state index contributed by atoms with van der Waals surface area (Å²) in [6.45, 7) is 6.04. The number of hydrogen-bond donors (Lipinski definition) is 1. The summed E-state index contributed by atoms with van der Waals surface area (Å²) >= 11 is 0. The van der Waals surface area contributed by atoms with Crippen LogP contribution in [0.4, 0.5) is 0 Å². The van der Waals surface area contributed by atoms with Crippen LogP contribution < -0.4 is 10.1 Å². The molecule has 146 valence electrons. The van der Waals surface area contributed by atoms with Gasteiger partial charge in [-0.15, -0.1) is 0 Å². The zero-order chi connectivity index (χ0) is 19.0. The van der Waals surface area contributed by atoms with E-state index in [2.05, 4.69) is 25.2 Å². The second-order valence-electron chi connectivity index (χ2n) is 8.77. The first-order valence-corrected chi connectivity index (χ1v) is 10.2. The van der Waals surface area contributed by atoms with Crippen LogP contribution in [0.1, 0.15) is 51.5 Å². The summed E-state index contributed by atoms with van der Waals surface area (Å²) in [5.74, 6) is 1.14. The van der Waals surface area contributed by atoms with Crippen LogP contribution in [0.2, 0.25) is 0 Å². The maximum Gasteiger partial charge on any atom is 0.310 e. The second kappa shape index (κ2) is 7.31. The van der Waals surface area contributed by atoms with Gasteiger partial charge in [0, 0.05) is 24.6 Å². The highest BCUT2D eigenvalue weighted by molar-refractivity contribution is 5.76. The van der Waals surface area contributed by atoms with Gasteiger partial charge in [0.15, 0.2) is 0 Å². The molecule has 3 aliphatic rings. The molecule has 1 heterocycles. The maximum absolute atomic E-state index is 12.6. The first-order chi connectivity index (χ1) is 13.0. The van der Waals surface area contributed by atoms with E-state index in [9.17, 15) is 4.79 Å². The van der Waals surface area contributed by atoms with Crippen molar-refractivity contribution in [2.24, 2.45) is 17.3 Å². The molecule has 0 radical (unpaired) electrons. The second-order valence-corrected chi connectivity index (χ2v) is 8.77. The van der Waals surface area contributed by atoms with Crippen molar-refractivity contribution in [3.8, 4) is 5.75 Å². The van der Waals surface area contributed by atoms with Crippen LogP contribution >= 0.6 is 0 Å². The quantitative estimate of drug-likeness (QED) is 0.623. The molecule has 0 aromatic heterocycles. The van der Waals surface area contributed by atoms with Crippen molar-refractivity contribution in [2.75, 3.05) is 13.7 Å². The number of ether oxygens (including phenoxy) is 2. The Bertz CT molecular complexity index is 756. The Balaban J connectivity index is 1.44. The van der Waals surface area contributed by atoms with E-state index >= 15 is 0 Å². The number of carbonyl (C=O) groups is 1. The Labute approximate surface area is 162 Å². The highest BCUT2D eigenvalue weighted by atomic mass is 16.6. The van der Waals surface area contributed by atoms with Gasteiger partial charge in [0.05, 0.1) is 13.0 Å². The van der Waals surface area contributed by atoms with Crippen LogP contribution in [0.3, 0.4) is 0 Å². The van der Waals surface area contributed by atoms with Crippen LogP contribution in [0.25, 0.3) is 0 Å². The van der Waals surface area contributed by atoms with E-state index in [0.717, 1.165) is 24.2 Å². The lowest BCUT2D eigenvalue weighted by Gasteiger charge is -2.45. The molecule has 1 N–H and O–H groups in total. The monoisotopic (exact) mass is 369 g/mol. The lowest BCUT2D eigenvalue weighted by atomic mass is 9.59. The summed E-state index contributed by atoms with van der Waals surface area (Å²) in [6, 6.07) is 8.02. The zero-order valence-corrected chi connectivity index (χ0v) is 16.7. The smallest absolute Gasteiger partial charge is 0.310 e. The van der Waals surface area contributed by atoms with E-state index in [1.54, 1.807) is 18.3 Å². The third-order valence-electron chi connectivity index (χ3n) is 7.05. The predicted molar refractivity (Wildman–Crippen MR) is 105 cm³/mol. The van der Waals surface area contributed by atoms with Crippen LogP contribution in [0.5, 0.6) is 5.75 Å². The minimum Gasteiger partial charge on any atom is -0.496 e. The number of benzene rings is 1. The van der Waals surface area contributed by atoms with E-state index in [-0.39, 0.29) is 23.4 Å². The van der Waals surface area contributed by atoms with Gasteiger partial charge in [-0.25, -0.2) is 0 Å². The summed E-state index contributed by atoms with van der Waals surface area (Å²) in [7, 11) is 1.69. The standard InChI is InChI=1S/C23H31NO3/c1-15-7-6-10-23(2)12-21-17(11-19(15)23)18(22(25)27-21)14-24-13-16-8-4-5-9-20(16)26-3/h4-5,8-9,17-18,21,24H,6-7,10-14H2,1-3H3. The molecule has 4 heteroatoms. The largest absolute Gasteiger partial charge is 0.496 e. The summed E-state index contributed by atoms with van der Waals surface area (Å²) in [5.41, 5.74) is 4.53. The van der Waals surface area contributed by atoms with E-state index in [4.69, 9.17) is 9.47 Å². The van der Waals surface area contributed by atoms with Crippen molar-refractivity contribution in [3.05, 3.63) is 41.0 Å². The molecule has 0 bridgehead atoms. The fraction of sp³-hybridized carbons (Fsp3) is 0.609. The number of allylic oxidation sites excluding steroid dienone is 2. The van der Waals surface area contributed by atoms with Gasteiger partial charge in [-0.05, 0) is 50.5 Å². The summed E-state index contributed by atoms with van der Waals surface area (Å²) in [5, 5.41) is 3.48. The highest BCUT2D eigenvalue weighted by Crippen LogP contribution is 2.54. The van der Waals surface area contributed by atoms with Crippen molar-refractivity contribution >= 4 is 5.97 Å². The molecule has 1 aromatic rings. The molecule has 4 atom stereocenters. The lowest BCUT2D eigenvalue weighted by Crippen LogP contribution is -2.40. The van der Waals surface area contributed by atoms with Gasteiger partial charge in [-0.1, -0.05) is 36.3 Å². The summed E-state index contributed by atoms with van der Waals surface area (Å²) < 4.78 is 11.3. The molecule has 0 amide bonds. The fourth-order valence-electron chi connectivity index (χ4n) is 5.56. The van der Waals surface area contributed by atoms with Gasteiger partial charge >= 0.3 is 5.97 Å². The normalized spacial score (nSPS) is 32.7. The third kappa shape index (κ3) is 3.40. The molecule has 2 aliphatic carbocycles. The first kappa shape index (κ1) is 18.5. The minimum absolute atomic E-state index is 0.0157. The van der Waals surface area contributed by atoms with Crippen molar-refractivity contribution in [1.82, 2.24) is 5.32 Å². The fourth-order valence-corrected chi connectivity index (χ4v) is 5.56. The molecule has 27 heavy (non-hydrogen) atoms. The number of esters is 1. The number of para-hydroxylation sites is 1. The predicted octanol–water partition coefficient (Wildman–Crippen LogP) is 4.24. The van der Waals surface area contributed by atoms with E-state index in [0.29, 0.717) is 19.0 Å². The number of nitrogens with one attached hydrogen (secondary N) is 1. The number of fused-ring (bicyclic) bond motifs is 2. The number of rotatable bonds is 5. The molecule has 1 saturated heterocycles. The Kier molecular flexibility index (Phi) is 5.02. The van der Waals surface area contributed by atoms with Gasteiger partial charge < -0.3 is 14.8 Å². The van der Waals surface area contributed by atoms with Crippen LogP contribution in [0.15, 0.2) is 35.4 Å². The van der Waals surface area contributed by atoms with Crippen molar-refractivity contribution in [2.45, 2.75) is 58.6 Å². The van der Waals surface area contributed by atoms with Gasteiger partial charge in [0.2, 0.25) is 0 Å². The topological polar surface area (TPSA) is 47.6 Å². The number of carbonyl (C=O) groups excluding carboxylic acids is 1. The molecular weight excluding hydrogens is 338 g/mol. The van der Waals surface area contributed by atoms with Crippen LogP contribution in [-0.4, -0.2) is 25.7 Å². The zero-order valence-electron chi connectivity index (χ0n) is 16.7. The van der Waals surface area contributed by atoms with Gasteiger partial charge in [-0.3, -0.25) is 4.79 Å². The summed E-state index contributed by atoms with van der Waals surface area (Å²) in [6.07, 6.45) is 5.83. The molecule has 1 aliphatic heterocycles. The Morgan fingerprint density at radius 1 is 1.33 bits per heavy atom. The molecule has 4 unspecified atom stereocenters. The van der Waals surface area contributed by atoms with Gasteiger partial charge in [-0.2, -0.15) is 0 Å². The maximum atomic E-state index is 12.6. The third-order valence-corrected chi connectivity index (χ3v) is 7.05. The van der Waals surface area contributed by atoms with Crippen molar-refractivity contribution in [3.63, 3.8) is 0 Å². The van der Waals surface area contributed by atoms with Gasteiger partial charge in [0.1, 0.15) is 11.9 Å². The van der Waals surface area contributed by atoms with Crippen LogP contribution in [-0.2, 0) is 16.1 Å². The van der Waals surface area contributed by atoms with Crippen LogP contribution in [0, 0.1) is 17.3 Å². The molecule has 4 rings (SSSR count). The first-order valence-electron chi connectivity index (χ1n) is 10.2.